The third kappa shape index (κ3) is 3.46. The minimum absolute atomic E-state index is 0.170. The molecule has 0 aliphatic carbocycles. The monoisotopic (exact) mass is 322 g/mol. The molecule has 3 heterocycles. The smallest absolute Gasteiger partial charge is 0.267 e. The first-order valence-electron chi connectivity index (χ1n) is 6.69. The van der Waals surface area contributed by atoms with E-state index >= 15 is 0 Å². The maximum absolute atomic E-state index is 11.9. The van der Waals surface area contributed by atoms with Gasteiger partial charge in [0.25, 0.3) is 5.56 Å². The van der Waals surface area contributed by atoms with Crippen LogP contribution in [0.2, 0.25) is 0 Å². The molecule has 116 valence electrons. The summed E-state index contributed by atoms with van der Waals surface area (Å²) in [5.74, 6) is 0.289. The number of rotatable bonds is 4. The van der Waals surface area contributed by atoms with Gasteiger partial charge in [-0.2, -0.15) is 5.10 Å². The number of hydrogen-bond acceptors (Lipinski definition) is 8. The molecule has 22 heavy (non-hydrogen) atoms. The summed E-state index contributed by atoms with van der Waals surface area (Å²) >= 11 is 1.21. The maximum Gasteiger partial charge on any atom is 0.267 e. The molecule has 2 aromatic rings. The minimum atomic E-state index is -0.370. The number of morpholine rings is 1. The van der Waals surface area contributed by atoms with Crippen molar-refractivity contribution < 1.29 is 9.53 Å². The molecule has 1 N–H and O–H groups in total. The fourth-order valence-corrected chi connectivity index (χ4v) is 2.50. The number of hydrogen-bond donors (Lipinski definition) is 1. The highest BCUT2D eigenvalue weighted by atomic mass is 32.1. The van der Waals surface area contributed by atoms with Crippen molar-refractivity contribution in [1.82, 2.24) is 20.0 Å². The normalized spacial score (nSPS) is 14.8. The number of anilines is 2. The van der Waals surface area contributed by atoms with Crippen molar-refractivity contribution in [3.63, 3.8) is 0 Å². The van der Waals surface area contributed by atoms with Gasteiger partial charge in [-0.1, -0.05) is 11.3 Å². The fourth-order valence-electron chi connectivity index (χ4n) is 2.03. The summed E-state index contributed by atoms with van der Waals surface area (Å²) in [6, 6.07) is 3.07. The quantitative estimate of drug-likeness (QED) is 0.815. The molecule has 0 bridgehead atoms. The molecule has 9 nitrogen and oxygen atoms in total. The number of nitrogens with zero attached hydrogens (tertiary/aromatic N) is 5. The molecule has 1 fully saturated rings. The summed E-state index contributed by atoms with van der Waals surface area (Å²) in [6.07, 6.45) is 0. The Morgan fingerprint density at radius 2 is 2.18 bits per heavy atom. The Balaban J connectivity index is 1.72. The van der Waals surface area contributed by atoms with Crippen molar-refractivity contribution in [2.75, 3.05) is 36.5 Å². The van der Waals surface area contributed by atoms with Crippen LogP contribution < -0.4 is 15.8 Å². The van der Waals surface area contributed by atoms with E-state index in [2.05, 4.69) is 20.6 Å². The zero-order valence-electron chi connectivity index (χ0n) is 11.6. The van der Waals surface area contributed by atoms with Gasteiger partial charge < -0.3 is 9.64 Å². The van der Waals surface area contributed by atoms with Gasteiger partial charge in [0.05, 0.1) is 13.2 Å². The van der Waals surface area contributed by atoms with Gasteiger partial charge in [0, 0.05) is 19.2 Å². The Hall–Kier alpha value is -2.33. The first-order valence-corrected chi connectivity index (χ1v) is 7.57. The molecule has 0 radical (unpaired) electrons. The Labute approximate surface area is 129 Å². The molecule has 0 spiro atoms. The molecule has 2 aromatic heterocycles. The highest BCUT2D eigenvalue weighted by Gasteiger charge is 2.14. The van der Waals surface area contributed by atoms with E-state index in [0.717, 1.165) is 4.68 Å². The minimum Gasteiger partial charge on any atom is -0.378 e. The molecule has 10 heteroatoms. The van der Waals surface area contributed by atoms with Gasteiger partial charge in [-0.15, -0.1) is 10.2 Å². The predicted octanol–water partition coefficient (Wildman–Crippen LogP) is -0.430. The Bertz CT molecular complexity index is 695. The van der Waals surface area contributed by atoms with Crippen LogP contribution in [0.3, 0.4) is 0 Å². The van der Waals surface area contributed by atoms with Gasteiger partial charge in [0.15, 0.2) is 0 Å². The van der Waals surface area contributed by atoms with Gasteiger partial charge in [-0.05, 0) is 6.07 Å². The summed E-state index contributed by atoms with van der Waals surface area (Å²) < 4.78 is 6.42. The van der Waals surface area contributed by atoms with Gasteiger partial charge in [0.2, 0.25) is 11.0 Å². The highest BCUT2D eigenvalue weighted by Crippen LogP contribution is 2.10. The van der Waals surface area contributed by atoms with Gasteiger partial charge >= 0.3 is 0 Å². The van der Waals surface area contributed by atoms with Gasteiger partial charge in [-0.25, -0.2) is 4.68 Å². The van der Waals surface area contributed by atoms with Crippen LogP contribution in [0.1, 0.15) is 0 Å². The lowest BCUT2D eigenvalue weighted by Gasteiger charge is -2.27. The first kappa shape index (κ1) is 14.6. The lowest BCUT2D eigenvalue weighted by Crippen LogP contribution is -2.38. The van der Waals surface area contributed by atoms with Crippen LogP contribution in [0.15, 0.2) is 22.4 Å². The topological polar surface area (TPSA) is 102 Å². The van der Waals surface area contributed by atoms with E-state index in [1.54, 1.807) is 6.07 Å². The molecule has 1 aliphatic rings. The molecular formula is C12H14N6O3S. The summed E-state index contributed by atoms with van der Waals surface area (Å²) in [5.41, 5.74) is 1.18. The number of amides is 1. The summed E-state index contributed by atoms with van der Waals surface area (Å²) in [7, 11) is 0. The molecule has 3 rings (SSSR count). The molecule has 0 atom stereocenters. The van der Waals surface area contributed by atoms with Crippen LogP contribution in [-0.2, 0) is 16.1 Å². The third-order valence-corrected chi connectivity index (χ3v) is 3.69. The van der Waals surface area contributed by atoms with E-state index in [0.29, 0.717) is 37.3 Å². The summed E-state index contributed by atoms with van der Waals surface area (Å²) in [6.45, 7) is 2.50. The van der Waals surface area contributed by atoms with Crippen LogP contribution in [0.5, 0.6) is 0 Å². The zero-order chi connectivity index (χ0) is 15.4. The maximum atomic E-state index is 11.9. The standard InChI is InChI=1S/C12H14N6O3S/c19-10(14-12-15-13-8-22-12)7-18-11(20)2-1-9(16-18)17-3-5-21-6-4-17/h1-2,8H,3-7H2,(H,14,15,19). The first-order chi connectivity index (χ1) is 10.7. The van der Waals surface area contributed by atoms with E-state index in [1.807, 2.05) is 4.90 Å². The molecule has 1 aliphatic heterocycles. The Morgan fingerprint density at radius 3 is 2.91 bits per heavy atom. The molecule has 1 amide bonds. The van der Waals surface area contributed by atoms with Crippen LogP contribution in [-0.4, -0.2) is 52.2 Å². The van der Waals surface area contributed by atoms with E-state index < -0.39 is 0 Å². The van der Waals surface area contributed by atoms with Crippen molar-refractivity contribution in [1.29, 1.82) is 0 Å². The van der Waals surface area contributed by atoms with Crippen LogP contribution in [0.25, 0.3) is 0 Å². The van der Waals surface area contributed by atoms with Gasteiger partial charge in [0.1, 0.15) is 17.9 Å². The predicted molar refractivity (Wildman–Crippen MR) is 80.1 cm³/mol. The van der Waals surface area contributed by atoms with E-state index in [4.69, 9.17) is 4.74 Å². The Kier molecular flexibility index (Phi) is 4.39. The van der Waals surface area contributed by atoms with Crippen molar-refractivity contribution in [3.8, 4) is 0 Å². The van der Waals surface area contributed by atoms with Crippen molar-refractivity contribution >= 4 is 28.2 Å². The molecule has 0 unspecified atom stereocenters. The van der Waals surface area contributed by atoms with Crippen LogP contribution in [0, 0.1) is 0 Å². The number of carbonyl (C=O) groups excluding carboxylic acids is 1. The van der Waals surface area contributed by atoms with Crippen molar-refractivity contribution in [3.05, 3.63) is 28.0 Å². The fraction of sp³-hybridized carbons (Fsp3) is 0.417. The lowest BCUT2D eigenvalue weighted by molar-refractivity contribution is -0.117. The molecule has 0 aromatic carbocycles. The highest BCUT2D eigenvalue weighted by molar-refractivity contribution is 7.13. The number of aromatic nitrogens is 4. The van der Waals surface area contributed by atoms with E-state index in [9.17, 15) is 9.59 Å². The second-order valence-electron chi connectivity index (χ2n) is 4.58. The second-order valence-corrected chi connectivity index (χ2v) is 5.41. The van der Waals surface area contributed by atoms with Crippen LogP contribution >= 0.6 is 11.3 Å². The number of ether oxygens (including phenoxy) is 1. The summed E-state index contributed by atoms with van der Waals surface area (Å²) in [5, 5.41) is 14.6. The molecular weight excluding hydrogens is 308 g/mol. The SMILES string of the molecule is O=C(Cn1nc(N2CCOCC2)ccc1=O)Nc1nncs1. The third-order valence-electron chi connectivity index (χ3n) is 3.09. The molecule has 0 saturated carbocycles. The zero-order valence-corrected chi connectivity index (χ0v) is 12.5. The van der Waals surface area contributed by atoms with Crippen LogP contribution in [0.4, 0.5) is 10.9 Å². The van der Waals surface area contributed by atoms with Gasteiger partial charge in [-0.3, -0.25) is 14.9 Å². The van der Waals surface area contributed by atoms with E-state index in [-0.39, 0.29) is 18.0 Å². The lowest BCUT2D eigenvalue weighted by atomic mass is 10.4. The Morgan fingerprint density at radius 1 is 1.36 bits per heavy atom. The van der Waals surface area contributed by atoms with E-state index in [1.165, 1.54) is 22.9 Å². The average Bonchev–Trinajstić information content (AvgIpc) is 3.03. The average molecular weight is 322 g/mol. The van der Waals surface area contributed by atoms with Crippen molar-refractivity contribution in [2.24, 2.45) is 0 Å². The second kappa shape index (κ2) is 6.62. The summed E-state index contributed by atoms with van der Waals surface area (Å²) in [4.78, 5) is 25.8. The number of carbonyl (C=O) groups is 1. The van der Waals surface area contributed by atoms with Crippen molar-refractivity contribution in [2.45, 2.75) is 6.54 Å². The largest absolute Gasteiger partial charge is 0.378 e. The number of nitrogens with one attached hydrogen (secondary N) is 1. The molecule has 1 saturated heterocycles.